The van der Waals surface area contributed by atoms with Crippen molar-refractivity contribution in [1.82, 2.24) is 4.98 Å². The van der Waals surface area contributed by atoms with Crippen LogP contribution in [-0.4, -0.2) is 10.1 Å². The van der Waals surface area contributed by atoms with Gasteiger partial charge in [-0.05, 0) is 42.3 Å². The van der Waals surface area contributed by atoms with Gasteiger partial charge in [-0.1, -0.05) is 46.3 Å². The number of halogens is 1. The van der Waals surface area contributed by atoms with Crippen molar-refractivity contribution in [1.29, 1.82) is 0 Å². The average molecular weight is 342 g/mol. The van der Waals surface area contributed by atoms with Crippen LogP contribution >= 0.6 is 15.9 Å². The molecule has 0 aliphatic heterocycles. The number of hydrogen-bond acceptors (Lipinski definition) is 2. The van der Waals surface area contributed by atoms with Crippen molar-refractivity contribution < 1.29 is 5.11 Å². The molecule has 2 nitrogen and oxygen atoms in total. The number of hydrogen-bond donors (Lipinski definition) is 1. The Morgan fingerprint density at radius 1 is 1.10 bits per heavy atom. The highest BCUT2D eigenvalue weighted by Crippen LogP contribution is 2.28. The third-order valence-corrected chi connectivity index (χ3v) is 4.22. The van der Waals surface area contributed by atoms with Gasteiger partial charge in [-0.25, -0.2) is 0 Å². The van der Waals surface area contributed by atoms with Crippen LogP contribution in [0.3, 0.4) is 0 Å². The molecule has 1 N–H and O–H groups in total. The summed E-state index contributed by atoms with van der Waals surface area (Å²) in [5.41, 5.74) is 1.98. The Morgan fingerprint density at radius 3 is 2.62 bits per heavy atom. The van der Waals surface area contributed by atoms with Crippen molar-refractivity contribution in [2.75, 3.05) is 0 Å². The molecule has 0 amide bonds. The van der Waals surface area contributed by atoms with Crippen molar-refractivity contribution in [3.8, 4) is 0 Å². The van der Waals surface area contributed by atoms with Crippen molar-refractivity contribution in [2.45, 2.75) is 18.9 Å². The van der Waals surface area contributed by atoms with Gasteiger partial charge >= 0.3 is 0 Å². The molecule has 3 heteroatoms. The van der Waals surface area contributed by atoms with E-state index in [1.54, 1.807) is 6.20 Å². The molecular formula is C18H16BrNO. The van der Waals surface area contributed by atoms with E-state index in [0.717, 1.165) is 26.5 Å². The highest BCUT2D eigenvalue weighted by Gasteiger charge is 2.23. The van der Waals surface area contributed by atoms with Crippen LogP contribution in [0.1, 0.15) is 18.1 Å². The third-order valence-electron chi connectivity index (χ3n) is 3.69. The Morgan fingerprint density at radius 2 is 1.86 bits per heavy atom. The van der Waals surface area contributed by atoms with Crippen LogP contribution in [-0.2, 0) is 12.0 Å². The fourth-order valence-electron chi connectivity index (χ4n) is 2.50. The van der Waals surface area contributed by atoms with E-state index in [1.165, 1.54) is 0 Å². The van der Waals surface area contributed by atoms with E-state index in [0.29, 0.717) is 6.42 Å². The zero-order chi connectivity index (χ0) is 14.9. The molecule has 0 spiro atoms. The van der Waals surface area contributed by atoms with Gasteiger partial charge in [0.25, 0.3) is 0 Å². The maximum absolute atomic E-state index is 10.8. The zero-order valence-electron chi connectivity index (χ0n) is 11.8. The minimum Gasteiger partial charge on any atom is -0.385 e. The van der Waals surface area contributed by atoms with Crippen LogP contribution in [0.15, 0.2) is 65.3 Å². The number of benzene rings is 2. The molecule has 0 radical (unpaired) electrons. The lowest BCUT2D eigenvalue weighted by Gasteiger charge is -2.24. The van der Waals surface area contributed by atoms with Crippen molar-refractivity contribution in [2.24, 2.45) is 0 Å². The van der Waals surface area contributed by atoms with Crippen LogP contribution in [0.2, 0.25) is 0 Å². The maximum Gasteiger partial charge on any atom is 0.0909 e. The second-order valence-electron chi connectivity index (χ2n) is 5.49. The number of pyridine rings is 1. The maximum atomic E-state index is 10.8. The molecule has 21 heavy (non-hydrogen) atoms. The first-order valence-electron chi connectivity index (χ1n) is 6.87. The molecule has 1 aromatic heterocycles. The highest BCUT2D eigenvalue weighted by atomic mass is 79.9. The standard InChI is InChI=1S/C18H16BrNO/c1-18(21,12-13-4-8-16(19)9-5-13)15-7-6-14-3-2-10-20-17(14)11-15/h2-11,21H,12H2,1H3. The van der Waals surface area contributed by atoms with Gasteiger partial charge in [-0.3, -0.25) is 4.98 Å². The Labute approximate surface area is 132 Å². The van der Waals surface area contributed by atoms with Crippen LogP contribution in [0.25, 0.3) is 10.9 Å². The number of aliphatic hydroxyl groups is 1. The van der Waals surface area contributed by atoms with Gasteiger partial charge in [0.05, 0.1) is 11.1 Å². The smallest absolute Gasteiger partial charge is 0.0909 e. The summed E-state index contributed by atoms with van der Waals surface area (Å²) in [6.45, 7) is 1.85. The summed E-state index contributed by atoms with van der Waals surface area (Å²) in [4.78, 5) is 4.36. The van der Waals surface area contributed by atoms with Gasteiger partial charge in [0.2, 0.25) is 0 Å². The van der Waals surface area contributed by atoms with Gasteiger partial charge in [0.1, 0.15) is 0 Å². The Hall–Kier alpha value is -1.71. The van der Waals surface area contributed by atoms with E-state index in [4.69, 9.17) is 0 Å². The largest absolute Gasteiger partial charge is 0.385 e. The molecule has 1 heterocycles. The van der Waals surface area contributed by atoms with Gasteiger partial charge in [0.15, 0.2) is 0 Å². The fraction of sp³-hybridized carbons (Fsp3) is 0.167. The number of fused-ring (bicyclic) bond motifs is 1. The minimum atomic E-state index is -0.917. The molecule has 1 unspecified atom stereocenters. The molecule has 3 rings (SSSR count). The number of aromatic nitrogens is 1. The lowest BCUT2D eigenvalue weighted by atomic mass is 9.88. The molecule has 106 valence electrons. The average Bonchev–Trinajstić information content (AvgIpc) is 2.49. The second kappa shape index (κ2) is 5.58. The van der Waals surface area contributed by atoms with E-state index in [9.17, 15) is 5.11 Å². The summed E-state index contributed by atoms with van der Waals surface area (Å²) >= 11 is 3.43. The van der Waals surface area contributed by atoms with E-state index >= 15 is 0 Å². The molecule has 3 aromatic rings. The predicted octanol–water partition coefficient (Wildman–Crippen LogP) is 4.45. The van der Waals surface area contributed by atoms with E-state index < -0.39 is 5.60 Å². The van der Waals surface area contributed by atoms with Crippen LogP contribution < -0.4 is 0 Å². The first-order valence-corrected chi connectivity index (χ1v) is 7.66. The van der Waals surface area contributed by atoms with Crippen LogP contribution in [0.4, 0.5) is 0 Å². The second-order valence-corrected chi connectivity index (χ2v) is 6.40. The summed E-state index contributed by atoms with van der Waals surface area (Å²) in [5, 5.41) is 11.9. The lowest BCUT2D eigenvalue weighted by molar-refractivity contribution is 0.0577. The first kappa shape index (κ1) is 14.2. The molecule has 0 bridgehead atoms. The molecule has 0 aliphatic rings. The van der Waals surface area contributed by atoms with Crippen molar-refractivity contribution in [3.63, 3.8) is 0 Å². The molecule has 0 aliphatic carbocycles. The fourth-order valence-corrected chi connectivity index (χ4v) is 2.77. The Bertz CT molecular complexity index is 766. The van der Waals surface area contributed by atoms with E-state index in [-0.39, 0.29) is 0 Å². The van der Waals surface area contributed by atoms with Gasteiger partial charge in [-0.15, -0.1) is 0 Å². The molecule has 0 saturated carbocycles. The summed E-state index contributed by atoms with van der Waals surface area (Å²) < 4.78 is 1.04. The van der Waals surface area contributed by atoms with Crippen molar-refractivity contribution >= 4 is 26.8 Å². The topological polar surface area (TPSA) is 33.1 Å². The quantitative estimate of drug-likeness (QED) is 0.763. The number of rotatable bonds is 3. The normalized spacial score (nSPS) is 14.0. The van der Waals surface area contributed by atoms with Crippen molar-refractivity contribution in [3.05, 3.63) is 76.4 Å². The lowest BCUT2D eigenvalue weighted by Crippen LogP contribution is -2.24. The summed E-state index contributed by atoms with van der Waals surface area (Å²) in [6.07, 6.45) is 2.34. The van der Waals surface area contributed by atoms with E-state index in [2.05, 4.69) is 20.9 Å². The minimum absolute atomic E-state index is 0.568. The molecule has 2 aromatic carbocycles. The van der Waals surface area contributed by atoms with Gasteiger partial charge in [-0.2, -0.15) is 0 Å². The summed E-state index contributed by atoms with van der Waals surface area (Å²) in [5.74, 6) is 0. The number of nitrogens with zero attached hydrogens (tertiary/aromatic N) is 1. The van der Waals surface area contributed by atoms with Crippen LogP contribution in [0, 0.1) is 0 Å². The molecule has 0 saturated heterocycles. The highest BCUT2D eigenvalue weighted by molar-refractivity contribution is 9.10. The molecule has 1 atom stereocenters. The zero-order valence-corrected chi connectivity index (χ0v) is 13.3. The predicted molar refractivity (Wildman–Crippen MR) is 89.2 cm³/mol. The monoisotopic (exact) mass is 341 g/mol. The van der Waals surface area contributed by atoms with E-state index in [1.807, 2.05) is 61.5 Å². The molecular weight excluding hydrogens is 326 g/mol. The van der Waals surface area contributed by atoms with Gasteiger partial charge in [0, 0.05) is 22.5 Å². The first-order chi connectivity index (χ1) is 10.0. The Kier molecular flexibility index (Phi) is 3.79. The molecule has 0 fully saturated rings. The third kappa shape index (κ3) is 3.14. The summed E-state index contributed by atoms with van der Waals surface area (Å²) in [7, 11) is 0. The SMILES string of the molecule is CC(O)(Cc1ccc(Br)cc1)c1ccc2cccnc2c1. The van der Waals surface area contributed by atoms with Crippen LogP contribution in [0.5, 0.6) is 0 Å². The van der Waals surface area contributed by atoms with Gasteiger partial charge < -0.3 is 5.11 Å². The summed E-state index contributed by atoms with van der Waals surface area (Å²) in [6, 6.07) is 17.9. The Balaban J connectivity index is 1.93.